The van der Waals surface area contributed by atoms with Crippen LogP contribution < -0.4 is 16.0 Å². The summed E-state index contributed by atoms with van der Waals surface area (Å²) < 4.78 is 0. The van der Waals surface area contributed by atoms with Crippen LogP contribution in [-0.4, -0.2) is 38.0 Å². The zero-order valence-corrected chi connectivity index (χ0v) is 16.5. The van der Waals surface area contributed by atoms with Gasteiger partial charge in [-0.1, -0.05) is 56.0 Å². The number of amides is 1. The minimum Gasteiger partial charge on any atom is -0.356 e. The number of rotatable bonds is 7. The van der Waals surface area contributed by atoms with Gasteiger partial charge in [-0.05, 0) is 31.2 Å². The fraction of sp³-hybridized carbons (Fsp3) is 0.619. The third-order valence-electron chi connectivity index (χ3n) is 5.06. The van der Waals surface area contributed by atoms with Gasteiger partial charge in [-0.3, -0.25) is 9.79 Å². The third-order valence-corrected chi connectivity index (χ3v) is 5.06. The Kier molecular flexibility index (Phi) is 8.45. The topological polar surface area (TPSA) is 65.5 Å². The smallest absolute Gasteiger partial charge is 0.221 e. The predicted molar refractivity (Wildman–Crippen MR) is 109 cm³/mol. The Morgan fingerprint density at radius 1 is 1.15 bits per heavy atom. The number of carbonyl (C=O) groups is 1. The number of hydrogen-bond donors (Lipinski definition) is 3. The molecule has 5 nitrogen and oxygen atoms in total. The molecule has 0 radical (unpaired) electrons. The van der Waals surface area contributed by atoms with Gasteiger partial charge in [-0.2, -0.15) is 0 Å². The third kappa shape index (κ3) is 7.06. The molecule has 1 aliphatic carbocycles. The molecule has 0 saturated heterocycles. The molecule has 1 atom stereocenters. The summed E-state index contributed by atoms with van der Waals surface area (Å²) in [4.78, 5) is 16.3. The van der Waals surface area contributed by atoms with Crippen LogP contribution in [0.25, 0.3) is 0 Å². The first kappa shape index (κ1) is 20.3. The van der Waals surface area contributed by atoms with Crippen molar-refractivity contribution in [3.63, 3.8) is 0 Å². The quantitative estimate of drug-likeness (QED) is 0.518. The molecule has 3 N–H and O–H groups in total. The van der Waals surface area contributed by atoms with Gasteiger partial charge in [0.15, 0.2) is 5.96 Å². The van der Waals surface area contributed by atoms with Crippen molar-refractivity contribution >= 4 is 11.9 Å². The largest absolute Gasteiger partial charge is 0.356 e. The zero-order chi connectivity index (χ0) is 18.8. The lowest BCUT2D eigenvalue weighted by Crippen LogP contribution is -2.42. The van der Waals surface area contributed by atoms with Crippen molar-refractivity contribution in [2.45, 2.75) is 64.3 Å². The van der Waals surface area contributed by atoms with E-state index < -0.39 is 0 Å². The summed E-state index contributed by atoms with van der Waals surface area (Å²) in [5, 5.41) is 9.72. The summed E-state index contributed by atoms with van der Waals surface area (Å²) in [6, 6.07) is 9.01. The first-order valence-corrected chi connectivity index (χ1v) is 9.89. The van der Waals surface area contributed by atoms with E-state index in [1.54, 1.807) is 7.05 Å². The van der Waals surface area contributed by atoms with Crippen LogP contribution >= 0.6 is 0 Å². The second kappa shape index (κ2) is 10.8. The van der Waals surface area contributed by atoms with Crippen molar-refractivity contribution in [3.8, 4) is 0 Å². The molecule has 1 aliphatic rings. The normalized spacial score (nSPS) is 16.8. The van der Waals surface area contributed by atoms with E-state index in [9.17, 15) is 4.79 Å². The number of carbonyl (C=O) groups excluding carboxylic acids is 1. The van der Waals surface area contributed by atoms with Crippen molar-refractivity contribution in [1.29, 1.82) is 0 Å². The minimum absolute atomic E-state index is 0.132. The molecule has 5 heteroatoms. The molecule has 1 saturated carbocycles. The molecule has 26 heavy (non-hydrogen) atoms. The average Bonchev–Trinajstić information content (AvgIpc) is 2.65. The standard InChI is InChI=1S/C21H34N4O/c1-16-9-11-18(12-10-16)17(2)15-24-21(22-3)23-14-13-20(26)25-19-7-5-4-6-8-19/h9-12,17,19H,4-8,13-15H2,1-3H3,(H,25,26)(H2,22,23,24). The lowest BCUT2D eigenvalue weighted by Gasteiger charge is -2.23. The molecule has 2 rings (SSSR count). The predicted octanol–water partition coefficient (Wildman–Crippen LogP) is 3.10. The van der Waals surface area contributed by atoms with Crippen LogP contribution in [0.5, 0.6) is 0 Å². The molecular formula is C21H34N4O. The Hall–Kier alpha value is -2.04. The van der Waals surface area contributed by atoms with Gasteiger partial charge in [0, 0.05) is 32.6 Å². The number of aryl methyl sites for hydroxylation is 1. The Morgan fingerprint density at radius 2 is 1.85 bits per heavy atom. The molecule has 0 aromatic heterocycles. The first-order chi connectivity index (χ1) is 12.6. The Balaban J connectivity index is 1.65. The summed E-state index contributed by atoms with van der Waals surface area (Å²) >= 11 is 0. The molecule has 144 valence electrons. The van der Waals surface area contributed by atoms with Gasteiger partial charge in [-0.25, -0.2) is 0 Å². The minimum atomic E-state index is 0.132. The maximum Gasteiger partial charge on any atom is 0.221 e. The van der Waals surface area contributed by atoms with E-state index in [0.29, 0.717) is 24.9 Å². The molecule has 1 fully saturated rings. The fourth-order valence-electron chi connectivity index (χ4n) is 3.32. The molecule has 1 unspecified atom stereocenters. The van der Waals surface area contributed by atoms with Crippen LogP contribution in [-0.2, 0) is 4.79 Å². The maximum atomic E-state index is 12.0. The van der Waals surface area contributed by atoms with Crippen LogP contribution in [0.2, 0.25) is 0 Å². The lowest BCUT2D eigenvalue weighted by molar-refractivity contribution is -0.121. The number of aliphatic imine (C=N–C) groups is 1. The van der Waals surface area contributed by atoms with Gasteiger partial charge in [0.25, 0.3) is 0 Å². The monoisotopic (exact) mass is 358 g/mol. The van der Waals surface area contributed by atoms with Crippen molar-refractivity contribution in [2.24, 2.45) is 4.99 Å². The molecule has 0 bridgehead atoms. The summed E-state index contributed by atoms with van der Waals surface area (Å²) in [7, 11) is 1.76. The molecule has 0 heterocycles. The van der Waals surface area contributed by atoms with Crippen LogP contribution in [0.4, 0.5) is 0 Å². The van der Waals surface area contributed by atoms with E-state index >= 15 is 0 Å². The van der Waals surface area contributed by atoms with E-state index in [-0.39, 0.29) is 5.91 Å². The van der Waals surface area contributed by atoms with Gasteiger partial charge in [0.1, 0.15) is 0 Å². The lowest BCUT2D eigenvalue weighted by atomic mass is 9.95. The SMILES string of the molecule is CN=C(NCCC(=O)NC1CCCCC1)NCC(C)c1ccc(C)cc1. The van der Waals surface area contributed by atoms with Crippen LogP contribution in [0.1, 0.15) is 62.5 Å². The molecule has 0 spiro atoms. The first-order valence-electron chi connectivity index (χ1n) is 9.89. The van der Waals surface area contributed by atoms with Crippen LogP contribution in [0.15, 0.2) is 29.3 Å². The van der Waals surface area contributed by atoms with Crippen molar-refractivity contribution in [2.75, 3.05) is 20.1 Å². The average molecular weight is 359 g/mol. The number of benzene rings is 1. The second-order valence-electron chi connectivity index (χ2n) is 7.34. The maximum absolute atomic E-state index is 12.0. The Morgan fingerprint density at radius 3 is 2.50 bits per heavy atom. The van der Waals surface area contributed by atoms with Crippen LogP contribution in [0.3, 0.4) is 0 Å². The molecule has 0 aliphatic heterocycles. The van der Waals surface area contributed by atoms with E-state index in [2.05, 4.69) is 59.1 Å². The van der Waals surface area contributed by atoms with E-state index in [1.165, 1.54) is 30.4 Å². The number of hydrogen-bond acceptors (Lipinski definition) is 2. The summed E-state index contributed by atoms with van der Waals surface area (Å²) in [6.45, 7) is 5.69. The van der Waals surface area contributed by atoms with Gasteiger partial charge in [-0.15, -0.1) is 0 Å². The molecule has 1 amide bonds. The van der Waals surface area contributed by atoms with Crippen molar-refractivity contribution in [3.05, 3.63) is 35.4 Å². The number of nitrogens with zero attached hydrogens (tertiary/aromatic N) is 1. The molecular weight excluding hydrogens is 324 g/mol. The highest BCUT2D eigenvalue weighted by molar-refractivity contribution is 5.81. The summed E-state index contributed by atoms with van der Waals surface area (Å²) in [5.41, 5.74) is 2.59. The van der Waals surface area contributed by atoms with Crippen molar-refractivity contribution in [1.82, 2.24) is 16.0 Å². The van der Waals surface area contributed by atoms with Gasteiger partial charge in [0.05, 0.1) is 0 Å². The number of guanidine groups is 1. The summed E-state index contributed by atoms with van der Waals surface area (Å²) in [5.74, 6) is 1.27. The number of nitrogens with one attached hydrogen (secondary N) is 3. The highest BCUT2D eigenvalue weighted by Crippen LogP contribution is 2.17. The van der Waals surface area contributed by atoms with E-state index in [4.69, 9.17) is 0 Å². The highest BCUT2D eigenvalue weighted by Gasteiger charge is 2.15. The molecule has 1 aromatic carbocycles. The van der Waals surface area contributed by atoms with Gasteiger partial charge in [0.2, 0.25) is 5.91 Å². The van der Waals surface area contributed by atoms with E-state index in [1.807, 2.05) is 0 Å². The van der Waals surface area contributed by atoms with Crippen molar-refractivity contribution < 1.29 is 4.79 Å². The second-order valence-corrected chi connectivity index (χ2v) is 7.34. The Bertz CT molecular complexity index is 576. The zero-order valence-electron chi connectivity index (χ0n) is 16.5. The van der Waals surface area contributed by atoms with E-state index in [0.717, 1.165) is 25.3 Å². The molecule has 1 aromatic rings. The van der Waals surface area contributed by atoms with Gasteiger partial charge >= 0.3 is 0 Å². The fourth-order valence-corrected chi connectivity index (χ4v) is 3.32. The summed E-state index contributed by atoms with van der Waals surface area (Å²) in [6.07, 6.45) is 6.50. The van der Waals surface area contributed by atoms with Crippen LogP contribution in [0, 0.1) is 6.92 Å². The van der Waals surface area contributed by atoms with Gasteiger partial charge < -0.3 is 16.0 Å². The Labute approximate surface area is 158 Å². The highest BCUT2D eigenvalue weighted by atomic mass is 16.1.